The highest BCUT2D eigenvalue weighted by Gasteiger charge is 2.36. The molecule has 1 aliphatic rings. The Hall–Kier alpha value is -4.00. The van der Waals surface area contributed by atoms with Crippen molar-refractivity contribution in [1.82, 2.24) is 0 Å². The quantitative estimate of drug-likeness (QED) is 0.401. The number of carbonyl (C=O) groups excluding carboxylic acids is 2. The van der Waals surface area contributed by atoms with Gasteiger partial charge in [0.2, 0.25) is 0 Å². The monoisotopic (exact) mass is 435 g/mol. The molecule has 0 saturated carbocycles. The summed E-state index contributed by atoms with van der Waals surface area (Å²) in [4.78, 5) is 27.8. The second-order valence-electron chi connectivity index (χ2n) is 7.12. The van der Waals surface area contributed by atoms with Crippen molar-refractivity contribution in [2.75, 3.05) is 12.0 Å². The van der Waals surface area contributed by atoms with Crippen molar-refractivity contribution in [2.45, 2.75) is 13.5 Å². The summed E-state index contributed by atoms with van der Waals surface area (Å²) >= 11 is 0. The number of fused-ring (bicyclic) bond motifs is 1. The molecule has 0 N–H and O–H groups in total. The van der Waals surface area contributed by atoms with Crippen LogP contribution in [0.2, 0.25) is 0 Å². The van der Waals surface area contributed by atoms with E-state index in [1.54, 1.807) is 48.5 Å². The average Bonchev–Trinajstić information content (AvgIpc) is 2.78. The molecule has 3 aromatic carbocycles. The number of methoxy groups -OCH3 is 1. The van der Waals surface area contributed by atoms with Gasteiger partial charge in [-0.1, -0.05) is 42.5 Å². The van der Waals surface area contributed by atoms with E-state index in [-0.39, 0.29) is 17.1 Å². The molecule has 1 aliphatic heterocycles. The molecule has 0 unspecified atom stereocenters. The number of halogens is 2. The van der Waals surface area contributed by atoms with E-state index in [4.69, 9.17) is 4.74 Å². The lowest BCUT2D eigenvalue weighted by atomic mass is 9.91. The van der Waals surface area contributed by atoms with Gasteiger partial charge in [0.1, 0.15) is 0 Å². The first-order valence-electron chi connectivity index (χ1n) is 9.79. The number of hydrogen-bond donors (Lipinski definition) is 0. The second kappa shape index (κ2) is 8.63. The number of aryl methyl sites for hydroxylation is 1. The zero-order valence-electron chi connectivity index (χ0n) is 17.3. The van der Waals surface area contributed by atoms with Crippen molar-refractivity contribution in [3.05, 3.63) is 89.0 Å². The van der Waals surface area contributed by atoms with Crippen molar-refractivity contribution in [1.29, 1.82) is 0 Å². The number of nitrogens with zero attached hydrogens (tertiary/aromatic N) is 1. The molecule has 5 nitrogen and oxygen atoms in total. The lowest BCUT2D eigenvalue weighted by molar-refractivity contribution is -0.112. The van der Waals surface area contributed by atoms with Crippen LogP contribution in [0.5, 0.6) is 11.5 Å². The third-order valence-corrected chi connectivity index (χ3v) is 5.16. The van der Waals surface area contributed by atoms with E-state index >= 15 is 0 Å². The predicted octanol–water partition coefficient (Wildman–Crippen LogP) is 5.33. The first-order chi connectivity index (χ1) is 15.4. The van der Waals surface area contributed by atoms with Gasteiger partial charge >= 0.3 is 6.61 Å². The maximum absolute atomic E-state index is 13.5. The Morgan fingerprint density at radius 2 is 1.56 bits per heavy atom. The predicted molar refractivity (Wildman–Crippen MR) is 117 cm³/mol. The molecule has 2 amide bonds. The fraction of sp³-hybridized carbons (Fsp3) is 0.120. The average molecular weight is 435 g/mol. The third-order valence-electron chi connectivity index (χ3n) is 5.16. The van der Waals surface area contributed by atoms with Gasteiger partial charge in [-0.15, -0.1) is 0 Å². The van der Waals surface area contributed by atoms with Gasteiger partial charge in [-0.3, -0.25) is 9.59 Å². The summed E-state index contributed by atoms with van der Waals surface area (Å²) in [5.41, 5.74) is 2.80. The van der Waals surface area contributed by atoms with Crippen molar-refractivity contribution in [2.24, 2.45) is 0 Å². The van der Waals surface area contributed by atoms with Gasteiger partial charge < -0.3 is 9.47 Å². The summed E-state index contributed by atoms with van der Waals surface area (Å²) in [5, 5.41) is 0. The van der Waals surface area contributed by atoms with Crippen molar-refractivity contribution in [3.8, 4) is 11.5 Å². The van der Waals surface area contributed by atoms with Gasteiger partial charge in [0.05, 0.1) is 12.8 Å². The fourth-order valence-electron chi connectivity index (χ4n) is 3.66. The van der Waals surface area contributed by atoms with Crippen LogP contribution in [0.1, 0.15) is 27.0 Å². The standard InChI is InChI=1S/C25H19F2NO4/c1-15-7-3-6-10-20(15)28-23(29)18-9-5-4-8-17(18)19(24(28)30)13-16-11-12-21(31-2)22(14-16)32-25(26)27/h3-14,25H,1-2H3/b19-13+. The van der Waals surface area contributed by atoms with Gasteiger partial charge in [-0.2, -0.15) is 8.78 Å². The van der Waals surface area contributed by atoms with Crippen molar-refractivity contribution >= 4 is 29.2 Å². The SMILES string of the molecule is COc1ccc(/C=C2/C(=O)N(c3ccccc3C)C(=O)c3ccccc32)cc1OC(F)F. The van der Waals surface area contributed by atoms with Gasteiger partial charge in [-0.25, -0.2) is 4.90 Å². The number of ether oxygens (including phenoxy) is 2. The minimum absolute atomic E-state index is 0.138. The molecule has 0 aliphatic carbocycles. The number of imide groups is 1. The second-order valence-corrected chi connectivity index (χ2v) is 7.12. The van der Waals surface area contributed by atoms with Crippen LogP contribution < -0.4 is 14.4 Å². The Morgan fingerprint density at radius 1 is 0.875 bits per heavy atom. The van der Waals surface area contributed by atoms with Gasteiger partial charge in [0.25, 0.3) is 11.8 Å². The highest BCUT2D eigenvalue weighted by molar-refractivity contribution is 6.43. The number of hydrogen-bond acceptors (Lipinski definition) is 4. The minimum atomic E-state index is -3.03. The van der Waals surface area contributed by atoms with Crippen LogP contribution in [0.3, 0.4) is 0 Å². The summed E-state index contributed by atoms with van der Waals surface area (Å²) in [5.74, 6) is -0.941. The lowest BCUT2D eigenvalue weighted by Gasteiger charge is -2.29. The third kappa shape index (κ3) is 3.85. The van der Waals surface area contributed by atoms with Crippen LogP contribution in [0.15, 0.2) is 66.7 Å². The Labute approximate surface area is 183 Å². The number of alkyl halides is 2. The summed E-state index contributed by atoms with van der Waals surface area (Å²) in [6.45, 7) is -1.21. The molecule has 0 aromatic heterocycles. The molecular weight excluding hydrogens is 416 g/mol. The molecule has 7 heteroatoms. The molecule has 1 heterocycles. The van der Waals surface area contributed by atoms with Crippen LogP contribution in [0.25, 0.3) is 11.6 Å². The number of rotatable bonds is 5. The normalized spacial score (nSPS) is 14.7. The number of benzene rings is 3. The summed E-state index contributed by atoms with van der Waals surface area (Å²) < 4.78 is 35.2. The van der Waals surface area contributed by atoms with E-state index in [0.717, 1.165) is 10.5 Å². The number of para-hydroxylation sites is 1. The first kappa shape index (κ1) is 21.2. The van der Waals surface area contributed by atoms with E-state index in [2.05, 4.69) is 4.74 Å². The van der Waals surface area contributed by atoms with E-state index < -0.39 is 18.4 Å². The molecule has 0 fully saturated rings. The molecular formula is C25H19F2NO4. The molecule has 4 rings (SSSR count). The molecule has 0 bridgehead atoms. The zero-order valence-corrected chi connectivity index (χ0v) is 17.3. The molecule has 0 atom stereocenters. The zero-order chi connectivity index (χ0) is 22.8. The van der Waals surface area contributed by atoms with Gasteiger partial charge in [0.15, 0.2) is 11.5 Å². The summed E-state index contributed by atoms with van der Waals surface area (Å²) in [7, 11) is 1.35. The van der Waals surface area contributed by atoms with Gasteiger partial charge in [0, 0.05) is 11.1 Å². The van der Waals surface area contributed by atoms with E-state index in [0.29, 0.717) is 22.4 Å². The fourth-order valence-corrected chi connectivity index (χ4v) is 3.66. The minimum Gasteiger partial charge on any atom is -0.493 e. The molecule has 32 heavy (non-hydrogen) atoms. The van der Waals surface area contributed by atoms with Crippen LogP contribution in [-0.4, -0.2) is 25.5 Å². The van der Waals surface area contributed by atoms with E-state index in [9.17, 15) is 18.4 Å². The molecule has 0 radical (unpaired) electrons. The Bertz CT molecular complexity index is 1240. The summed E-state index contributed by atoms with van der Waals surface area (Å²) in [6.07, 6.45) is 1.55. The highest BCUT2D eigenvalue weighted by atomic mass is 19.3. The molecule has 0 saturated heterocycles. The van der Waals surface area contributed by atoms with E-state index in [1.165, 1.54) is 19.2 Å². The number of carbonyl (C=O) groups is 2. The lowest BCUT2D eigenvalue weighted by Crippen LogP contribution is -2.42. The van der Waals surface area contributed by atoms with E-state index in [1.807, 2.05) is 19.1 Å². The smallest absolute Gasteiger partial charge is 0.387 e. The first-order valence-corrected chi connectivity index (χ1v) is 9.79. The van der Waals surface area contributed by atoms with Crippen LogP contribution in [-0.2, 0) is 4.79 Å². The molecule has 162 valence electrons. The Balaban J connectivity index is 1.87. The molecule has 3 aromatic rings. The van der Waals surface area contributed by atoms with Crippen LogP contribution >= 0.6 is 0 Å². The number of anilines is 1. The number of amides is 2. The largest absolute Gasteiger partial charge is 0.493 e. The molecule has 0 spiro atoms. The summed E-state index contributed by atoms with van der Waals surface area (Å²) in [6, 6.07) is 18.4. The van der Waals surface area contributed by atoms with Crippen molar-refractivity contribution in [3.63, 3.8) is 0 Å². The van der Waals surface area contributed by atoms with Crippen LogP contribution in [0, 0.1) is 6.92 Å². The maximum Gasteiger partial charge on any atom is 0.387 e. The van der Waals surface area contributed by atoms with Crippen molar-refractivity contribution < 1.29 is 27.8 Å². The Morgan fingerprint density at radius 3 is 2.25 bits per heavy atom. The maximum atomic E-state index is 13.5. The topological polar surface area (TPSA) is 55.8 Å². The van der Waals surface area contributed by atoms with Gasteiger partial charge in [-0.05, 0) is 54.0 Å². The Kier molecular flexibility index (Phi) is 5.73. The van der Waals surface area contributed by atoms with Crippen LogP contribution in [0.4, 0.5) is 14.5 Å². The highest BCUT2D eigenvalue weighted by Crippen LogP contribution is 2.36.